The molecule has 0 saturated heterocycles. The van der Waals surface area contributed by atoms with E-state index in [-0.39, 0.29) is 11.7 Å². The highest BCUT2D eigenvalue weighted by atomic mass is 19.1. The average Bonchev–Trinajstić information content (AvgIpc) is 2.53. The summed E-state index contributed by atoms with van der Waals surface area (Å²) in [6.45, 7) is 11.1. The van der Waals surface area contributed by atoms with E-state index in [4.69, 9.17) is 4.74 Å². The Morgan fingerprint density at radius 2 is 1.83 bits per heavy atom. The molecule has 1 atom stereocenters. The molecule has 0 spiro atoms. The van der Waals surface area contributed by atoms with Crippen LogP contribution in [-0.4, -0.2) is 16.6 Å². The highest BCUT2D eigenvalue weighted by Gasteiger charge is 2.11. The number of hydrogen-bond acceptors (Lipinski definition) is 3. The molecule has 0 bridgehead atoms. The number of aromatic nitrogens is 2. The number of benzene rings is 1. The topological polar surface area (TPSA) is 35.0 Å². The van der Waals surface area contributed by atoms with Gasteiger partial charge in [-0.15, -0.1) is 0 Å². The minimum Gasteiger partial charge on any atom is -0.490 e. The zero-order valence-electron chi connectivity index (χ0n) is 15.2. The van der Waals surface area contributed by atoms with E-state index >= 15 is 0 Å². The molecule has 0 radical (unpaired) electrons. The van der Waals surface area contributed by atoms with Gasteiger partial charge in [-0.05, 0) is 42.5 Å². The number of halogens is 1. The van der Waals surface area contributed by atoms with E-state index in [1.54, 1.807) is 18.3 Å². The number of rotatable bonds is 7. The van der Waals surface area contributed by atoms with Crippen molar-refractivity contribution in [3.63, 3.8) is 0 Å². The molecule has 0 aliphatic heterocycles. The molecule has 2 rings (SSSR count). The molecule has 0 unspecified atom stereocenters. The Balaban J connectivity index is 2.11. The third kappa shape index (κ3) is 5.02. The molecule has 0 saturated carbocycles. The van der Waals surface area contributed by atoms with Gasteiger partial charge >= 0.3 is 0 Å². The first-order valence-corrected chi connectivity index (χ1v) is 8.62. The summed E-state index contributed by atoms with van der Waals surface area (Å²) in [6.07, 6.45) is 2.78. The zero-order valence-corrected chi connectivity index (χ0v) is 15.2. The van der Waals surface area contributed by atoms with E-state index < -0.39 is 0 Å². The number of hydrogen-bond donors (Lipinski definition) is 0. The fourth-order valence-corrected chi connectivity index (χ4v) is 2.69. The van der Waals surface area contributed by atoms with Crippen molar-refractivity contribution in [2.45, 2.75) is 47.0 Å². The maximum absolute atomic E-state index is 14.3. The minimum absolute atomic E-state index is 0.236. The van der Waals surface area contributed by atoms with Gasteiger partial charge in [0.25, 0.3) is 0 Å². The van der Waals surface area contributed by atoms with Crippen LogP contribution in [0.3, 0.4) is 0 Å². The van der Waals surface area contributed by atoms with Crippen LogP contribution in [0.5, 0.6) is 5.75 Å². The summed E-state index contributed by atoms with van der Waals surface area (Å²) in [6, 6.07) is 6.81. The van der Waals surface area contributed by atoms with Gasteiger partial charge in [0.05, 0.1) is 12.3 Å². The van der Waals surface area contributed by atoms with Gasteiger partial charge in [0, 0.05) is 17.7 Å². The fourth-order valence-electron chi connectivity index (χ4n) is 2.69. The predicted molar refractivity (Wildman–Crippen MR) is 95.6 cm³/mol. The molecule has 1 aromatic heterocycles. The Morgan fingerprint density at radius 1 is 1.08 bits per heavy atom. The molecule has 1 aromatic carbocycles. The van der Waals surface area contributed by atoms with Crippen LogP contribution >= 0.6 is 0 Å². The van der Waals surface area contributed by atoms with E-state index in [0.29, 0.717) is 24.2 Å². The molecule has 1 heterocycles. The first-order valence-electron chi connectivity index (χ1n) is 8.62. The zero-order chi connectivity index (χ0) is 17.7. The van der Waals surface area contributed by atoms with Crippen LogP contribution in [0.4, 0.5) is 4.39 Å². The van der Waals surface area contributed by atoms with Crippen LogP contribution in [0.1, 0.15) is 52.8 Å². The highest BCUT2D eigenvalue weighted by molar-refractivity contribution is 5.60. The smallest absolute Gasteiger partial charge is 0.165 e. The summed E-state index contributed by atoms with van der Waals surface area (Å²) >= 11 is 0. The highest BCUT2D eigenvalue weighted by Crippen LogP contribution is 2.26. The fraction of sp³-hybridized carbons (Fsp3) is 0.500. The van der Waals surface area contributed by atoms with Crippen LogP contribution in [0.2, 0.25) is 0 Å². The molecule has 4 heteroatoms. The van der Waals surface area contributed by atoms with Crippen molar-refractivity contribution in [1.82, 2.24) is 9.97 Å². The summed E-state index contributed by atoms with van der Waals surface area (Å²) in [5.74, 6) is 1.96. The molecule has 0 N–H and O–H groups in total. The molecular formula is C20H27FN2O. The summed E-state index contributed by atoms with van der Waals surface area (Å²) in [4.78, 5) is 8.75. The lowest BCUT2D eigenvalue weighted by Crippen LogP contribution is -2.11. The number of ether oxygens (including phenoxy) is 1. The van der Waals surface area contributed by atoms with Gasteiger partial charge < -0.3 is 4.74 Å². The third-order valence-corrected chi connectivity index (χ3v) is 3.82. The normalized spacial score (nSPS) is 12.7. The van der Waals surface area contributed by atoms with Crippen LogP contribution in [-0.2, 0) is 0 Å². The lowest BCUT2D eigenvalue weighted by molar-refractivity contribution is 0.230. The van der Waals surface area contributed by atoms with Crippen molar-refractivity contribution in [2.24, 2.45) is 11.8 Å². The largest absolute Gasteiger partial charge is 0.490 e. The Labute approximate surface area is 144 Å². The number of nitrogens with zero attached hydrogens (tertiary/aromatic N) is 2. The molecule has 24 heavy (non-hydrogen) atoms. The monoisotopic (exact) mass is 330 g/mol. The summed E-state index contributed by atoms with van der Waals surface area (Å²) in [5.41, 5.74) is 1.46. The van der Waals surface area contributed by atoms with Crippen molar-refractivity contribution in [1.29, 1.82) is 0 Å². The van der Waals surface area contributed by atoms with Gasteiger partial charge in [-0.25, -0.2) is 14.4 Å². The predicted octanol–water partition coefficient (Wildman–Crippen LogP) is 5.47. The molecule has 130 valence electrons. The van der Waals surface area contributed by atoms with Gasteiger partial charge in [0.15, 0.2) is 11.6 Å². The van der Waals surface area contributed by atoms with E-state index in [1.807, 2.05) is 19.9 Å². The second kappa shape index (κ2) is 8.22. The first kappa shape index (κ1) is 18.4. The standard InChI is InChI=1S/C20H27FN2O/c1-13(2)10-15(5)12-24-19-7-6-16(11-17(19)21)18-8-9-22-20(23-18)14(3)4/h6-9,11,13-15H,10,12H2,1-5H3/t15-/m1/s1. The second-order valence-electron chi connectivity index (χ2n) is 7.15. The average molecular weight is 330 g/mol. The molecule has 0 amide bonds. The Hall–Kier alpha value is -1.97. The van der Waals surface area contributed by atoms with E-state index in [9.17, 15) is 4.39 Å². The Bertz CT molecular complexity index is 670. The lowest BCUT2D eigenvalue weighted by Gasteiger charge is -2.15. The first-order chi connectivity index (χ1) is 11.4. The van der Waals surface area contributed by atoms with Crippen LogP contribution < -0.4 is 4.74 Å². The van der Waals surface area contributed by atoms with Gasteiger partial charge in [-0.1, -0.05) is 34.6 Å². The van der Waals surface area contributed by atoms with Crippen molar-refractivity contribution in [2.75, 3.05) is 6.61 Å². The van der Waals surface area contributed by atoms with Gasteiger partial charge in [-0.3, -0.25) is 0 Å². The minimum atomic E-state index is -0.353. The molecule has 0 aliphatic rings. The molecule has 3 nitrogen and oxygen atoms in total. The van der Waals surface area contributed by atoms with Gasteiger partial charge in [0.2, 0.25) is 0 Å². The molecule has 2 aromatic rings. The summed E-state index contributed by atoms with van der Waals surface area (Å²) in [5, 5.41) is 0. The second-order valence-corrected chi connectivity index (χ2v) is 7.15. The Kier molecular flexibility index (Phi) is 6.29. The quantitative estimate of drug-likeness (QED) is 0.675. The van der Waals surface area contributed by atoms with Crippen molar-refractivity contribution >= 4 is 0 Å². The molecule has 0 aliphatic carbocycles. The third-order valence-electron chi connectivity index (χ3n) is 3.82. The SMILES string of the molecule is CC(C)C[C@@H](C)COc1ccc(-c2ccnc(C(C)C)n2)cc1F. The summed E-state index contributed by atoms with van der Waals surface area (Å²) in [7, 11) is 0. The van der Waals surface area contributed by atoms with Crippen LogP contribution in [0.15, 0.2) is 30.5 Å². The van der Waals surface area contributed by atoms with E-state index in [1.165, 1.54) is 6.07 Å². The van der Waals surface area contributed by atoms with Crippen molar-refractivity contribution in [3.05, 3.63) is 42.1 Å². The maximum atomic E-state index is 14.3. The van der Waals surface area contributed by atoms with E-state index in [2.05, 4.69) is 30.7 Å². The lowest BCUT2D eigenvalue weighted by atomic mass is 10.00. The van der Waals surface area contributed by atoms with E-state index in [0.717, 1.165) is 23.5 Å². The van der Waals surface area contributed by atoms with Crippen molar-refractivity contribution in [3.8, 4) is 17.0 Å². The van der Waals surface area contributed by atoms with Gasteiger partial charge in [0.1, 0.15) is 5.82 Å². The van der Waals surface area contributed by atoms with Crippen LogP contribution in [0.25, 0.3) is 11.3 Å². The van der Waals surface area contributed by atoms with Crippen molar-refractivity contribution < 1.29 is 9.13 Å². The van der Waals surface area contributed by atoms with Gasteiger partial charge in [-0.2, -0.15) is 0 Å². The molecule has 0 fully saturated rings. The maximum Gasteiger partial charge on any atom is 0.165 e. The Morgan fingerprint density at radius 3 is 2.46 bits per heavy atom. The van der Waals surface area contributed by atoms with Crippen LogP contribution in [0, 0.1) is 17.7 Å². The molecular weight excluding hydrogens is 303 g/mol. The summed E-state index contributed by atoms with van der Waals surface area (Å²) < 4.78 is 20.0.